The summed E-state index contributed by atoms with van der Waals surface area (Å²) in [6.45, 7) is 8.26. The Labute approximate surface area is 162 Å². The predicted molar refractivity (Wildman–Crippen MR) is 108 cm³/mol. The van der Waals surface area contributed by atoms with Gasteiger partial charge >= 0.3 is 5.97 Å². The van der Waals surface area contributed by atoms with E-state index in [1.165, 1.54) is 0 Å². The number of hydrogen-bond donors (Lipinski definition) is 2. The summed E-state index contributed by atoms with van der Waals surface area (Å²) in [5.74, 6) is 0.741. The highest BCUT2D eigenvalue weighted by atomic mass is 32.1. The molecule has 6 nitrogen and oxygen atoms in total. The Balaban J connectivity index is 1.97. The number of thiazole rings is 1. The van der Waals surface area contributed by atoms with Crippen LogP contribution in [0, 0.1) is 6.92 Å². The number of benzene rings is 1. The third-order valence-corrected chi connectivity index (χ3v) is 5.35. The quantitative estimate of drug-likeness (QED) is 0.621. The Morgan fingerprint density at radius 3 is 2.44 bits per heavy atom. The standard InChI is InChI=1S/C20H22N4O2S/c1-5-15-12(4)21-18(16-10-27-19(23-16)11(2)3)24-17(15)22-14-8-6-13(7-9-14)20(25)26/h6-11H,5H2,1-4H3,(H,25,26)(H,21,22,24). The molecule has 1 aromatic carbocycles. The Morgan fingerprint density at radius 1 is 1.19 bits per heavy atom. The van der Waals surface area contributed by atoms with Crippen LogP contribution in [0.25, 0.3) is 11.5 Å². The maximum Gasteiger partial charge on any atom is 0.335 e. The molecule has 140 valence electrons. The number of aromatic nitrogens is 3. The number of nitrogens with one attached hydrogen (secondary N) is 1. The molecule has 2 N–H and O–H groups in total. The average molecular weight is 382 g/mol. The molecule has 0 radical (unpaired) electrons. The van der Waals surface area contributed by atoms with Crippen molar-refractivity contribution in [2.45, 2.75) is 40.0 Å². The molecule has 0 aliphatic carbocycles. The molecule has 0 bridgehead atoms. The van der Waals surface area contributed by atoms with Crippen molar-refractivity contribution in [3.05, 3.63) is 51.5 Å². The largest absolute Gasteiger partial charge is 0.478 e. The van der Waals surface area contributed by atoms with Crippen molar-refractivity contribution in [2.75, 3.05) is 5.32 Å². The molecular weight excluding hydrogens is 360 g/mol. The van der Waals surface area contributed by atoms with Gasteiger partial charge in [-0.15, -0.1) is 11.3 Å². The van der Waals surface area contributed by atoms with Crippen LogP contribution in [0.15, 0.2) is 29.6 Å². The fourth-order valence-electron chi connectivity index (χ4n) is 2.73. The van der Waals surface area contributed by atoms with E-state index in [2.05, 4.69) is 36.1 Å². The lowest BCUT2D eigenvalue weighted by atomic mass is 10.1. The van der Waals surface area contributed by atoms with Crippen LogP contribution in [-0.4, -0.2) is 26.0 Å². The van der Waals surface area contributed by atoms with Crippen molar-refractivity contribution in [3.63, 3.8) is 0 Å². The molecule has 3 rings (SSSR count). The highest BCUT2D eigenvalue weighted by Crippen LogP contribution is 2.28. The predicted octanol–water partition coefficient (Wildman–Crippen LogP) is 5.04. The molecule has 0 aliphatic heterocycles. The van der Waals surface area contributed by atoms with E-state index in [4.69, 9.17) is 10.1 Å². The van der Waals surface area contributed by atoms with E-state index >= 15 is 0 Å². The summed E-state index contributed by atoms with van der Waals surface area (Å²) in [4.78, 5) is 25.0. The first-order valence-corrected chi connectivity index (χ1v) is 9.70. The van der Waals surface area contributed by atoms with Crippen LogP contribution in [0.3, 0.4) is 0 Å². The van der Waals surface area contributed by atoms with Crippen LogP contribution in [0.2, 0.25) is 0 Å². The van der Waals surface area contributed by atoms with Crippen LogP contribution in [0.5, 0.6) is 0 Å². The van der Waals surface area contributed by atoms with Crippen molar-refractivity contribution >= 4 is 28.8 Å². The number of hydrogen-bond acceptors (Lipinski definition) is 6. The molecule has 0 fully saturated rings. The number of aryl methyl sites for hydroxylation is 1. The lowest BCUT2D eigenvalue weighted by Gasteiger charge is -2.13. The molecule has 0 atom stereocenters. The molecule has 2 aromatic heterocycles. The first-order chi connectivity index (χ1) is 12.9. The van der Waals surface area contributed by atoms with Crippen molar-refractivity contribution in [3.8, 4) is 11.5 Å². The van der Waals surface area contributed by atoms with Gasteiger partial charge in [0.25, 0.3) is 0 Å². The molecule has 7 heteroatoms. The number of carboxylic acid groups (broad SMARTS) is 1. The molecule has 2 heterocycles. The normalized spacial score (nSPS) is 11.0. The second-order valence-corrected chi connectivity index (χ2v) is 7.44. The Kier molecular flexibility index (Phi) is 5.51. The molecule has 0 saturated carbocycles. The molecule has 0 spiro atoms. The highest BCUT2D eigenvalue weighted by Gasteiger charge is 2.15. The van der Waals surface area contributed by atoms with Gasteiger partial charge in [0.1, 0.15) is 11.5 Å². The summed E-state index contributed by atoms with van der Waals surface area (Å²) in [5, 5.41) is 15.4. The van der Waals surface area contributed by atoms with Crippen LogP contribution < -0.4 is 5.32 Å². The lowest BCUT2D eigenvalue weighted by Crippen LogP contribution is -2.06. The summed E-state index contributed by atoms with van der Waals surface area (Å²) in [6, 6.07) is 6.61. The smallest absolute Gasteiger partial charge is 0.335 e. The second kappa shape index (κ2) is 7.84. The fraction of sp³-hybridized carbons (Fsp3) is 0.300. The Morgan fingerprint density at radius 2 is 1.89 bits per heavy atom. The average Bonchev–Trinajstić information content (AvgIpc) is 3.12. The van der Waals surface area contributed by atoms with Gasteiger partial charge in [0, 0.05) is 28.2 Å². The minimum atomic E-state index is -0.944. The van der Waals surface area contributed by atoms with Gasteiger partial charge in [0.05, 0.1) is 10.6 Å². The van der Waals surface area contributed by atoms with E-state index in [-0.39, 0.29) is 5.56 Å². The van der Waals surface area contributed by atoms with Gasteiger partial charge in [-0.1, -0.05) is 20.8 Å². The topological polar surface area (TPSA) is 88.0 Å². The molecule has 0 unspecified atom stereocenters. The van der Waals surface area contributed by atoms with Crippen molar-refractivity contribution in [1.29, 1.82) is 0 Å². The zero-order valence-corrected chi connectivity index (χ0v) is 16.6. The SMILES string of the molecule is CCc1c(C)nc(-c2csc(C(C)C)n2)nc1Nc1ccc(C(=O)O)cc1. The fourth-order valence-corrected chi connectivity index (χ4v) is 3.54. The van der Waals surface area contributed by atoms with E-state index in [1.807, 2.05) is 12.3 Å². The third kappa shape index (κ3) is 4.14. The first-order valence-electron chi connectivity index (χ1n) is 8.82. The monoisotopic (exact) mass is 382 g/mol. The van der Waals surface area contributed by atoms with Gasteiger partial charge in [-0.2, -0.15) is 0 Å². The van der Waals surface area contributed by atoms with Crippen LogP contribution in [-0.2, 0) is 6.42 Å². The Hall–Kier alpha value is -2.80. The number of carboxylic acids is 1. The van der Waals surface area contributed by atoms with Gasteiger partial charge in [0.2, 0.25) is 0 Å². The van der Waals surface area contributed by atoms with E-state index in [9.17, 15) is 4.79 Å². The van der Waals surface area contributed by atoms with Gasteiger partial charge in [-0.3, -0.25) is 0 Å². The van der Waals surface area contributed by atoms with Crippen LogP contribution in [0.1, 0.15) is 53.3 Å². The van der Waals surface area contributed by atoms with E-state index in [1.54, 1.807) is 35.6 Å². The van der Waals surface area contributed by atoms with Gasteiger partial charge in [-0.25, -0.2) is 19.7 Å². The van der Waals surface area contributed by atoms with Crippen molar-refractivity contribution in [2.24, 2.45) is 0 Å². The number of carbonyl (C=O) groups is 1. The number of rotatable bonds is 6. The van der Waals surface area contributed by atoms with Gasteiger partial charge in [0.15, 0.2) is 5.82 Å². The molecular formula is C20H22N4O2S. The highest BCUT2D eigenvalue weighted by molar-refractivity contribution is 7.10. The van der Waals surface area contributed by atoms with Crippen LogP contribution >= 0.6 is 11.3 Å². The van der Waals surface area contributed by atoms with E-state index < -0.39 is 5.97 Å². The zero-order valence-electron chi connectivity index (χ0n) is 15.8. The van der Waals surface area contributed by atoms with E-state index in [0.717, 1.165) is 39.9 Å². The summed E-state index contributed by atoms with van der Waals surface area (Å²) < 4.78 is 0. The number of anilines is 2. The third-order valence-electron chi connectivity index (χ3n) is 4.21. The summed E-state index contributed by atoms with van der Waals surface area (Å²) in [6.07, 6.45) is 0.788. The lowest BCUT2D eigenvalue weighted by molar-refractivity contribution is 0.0697. The number of aromatic carboxylic acids is 1. The molecule has 0 saturated heterocycles. The summed E-state index contributed by atoms with van der Waals surface area (Å²) in [5.41, 5.74) is 3.74. The van der Waals surface area contributed by atoms with Crippen molar-refractivity contribution in [1.82, 2.24) is 15.0 Å². The first kappa shape index (κ1) is 19.0. The molecule has 0 amide bonds. The molecule has 27 heavy (non-hydrogen) atoms. The van der Waals surface area contributed by atoms with Crippen LogP contribution in [0.4, 0.5) is 11.5 Å². The van der Waals surface area contributed by atoms with Crippen molar-refractivity contribution < 1.29 is 9.90 Å². The maximum absolute atomic E-state index is 11.0. The minimum absolute atomic E-state index is 0.250. The molecule has 3 aromatic rings. The second-order valence-electron chi connectivity index (χ2n) is 6.55. The minimum Gasteiger partial charge on any atom is -0.478 e. The van der Waals surface area contributed by atoms with E-state index in [0.29, 0.717) is 11.7 Å². The number of nitrogens with zero attached hydrogens (tertiary/aromatic N) is 3. The maximum atomic E-state index is 11.0. The van der Waals surface area contributed by atoms with Gasteiger partial charge < -0.3 is 10.4 Å². The Bertz CT molecular complexity index is 965. The zero-order chi connectivity index (χ0) is 19.6. The summed E-state index contributed by atoms with van der Waals surface area (Å²) >= 11 is 1.62. The molecule has 0 aliphatic rings. The van der Waals surface area contributed by atoms with Gasteiger partial charge in [-0.05, 0) is 37.6 Å². The summed E-state index contributed by atoms with van der Waals surface area (Å²) in [7, 11) is 0.